The highest BCUT2D eigenvalue weighted by molar-refractivity contribution is 5.31. The minimum atomic E-state index is -0.156. The van der Waals surface area contributed by atoms with Crippen molar-refractivity contribution in [3.8, 4) is 5.75 Å². The molecule has 0 unspecified atom stereocenters. The van der Waals surface area contributed by atoms with E-state index in [4.69, 9.17) is 0 Å². The van der Waals surface area contributed by atoms with Crippen LogP contribution in [-0.4, -0.2) is 11.8 Å². The van der Waals surface area contributed by atoms with E-state index in [0.717, 1.165) is 31.2 Å². The van der Waals surface area contributed by atoms with Gasteiger partial charge in [0.2, 0.25) is 0 Å². The number of rotatable bonds is 12. The van der Waals surface area contributed by atoms with Crippen molar-refractivity contribution in [2.45, 2.75) is 70.6 Å². The number of hydrogen-bond acceptors (Lipinski definition) is 1. The number of aryl methyl sites for hydroxylation is 1. The average Bonchev–Trinajstić information content (AvgIpc) is 2.46. The van der Waals surface area contributed by atoms with E-state index in [-0.39, 0.29) is 6.67 Å². The van der Waals surface area contributed by atoms with Crippen molar-refractivity contribution in [3.63, 3.8) is 0 Å². The number of aromatic hydroxyl groups is 1. The van der Waals surface area contributed by atoms with Gasteiger partial charge in [-0.2, -0.15) is 0 Å². The molecule has 0 aliphatic rings. The van der Waals surface area contributed by atoms with Crippen molar-refractivity contribution in [1.29, 1.82) is 0 Å². The van der Waals surface area contributed by atoms with Crippen LogP contribution in [0.4, 0.5) is 4.39 Å². The van der Waals surface area contributed by atoms with Gasteiger partial charge in [0.1, 0.15) is 5.75 Å². The molecule has 0 bridgehead atoms. The Kier molecular flexibility index (Phi) is 9.99. The van der Waals surface area contributed by atoms with E-state index in [0.29, 0.717) is 5.75 Å². The van der Waals surface area contributed by atoms with Crippen LogP contribution in [0.25, 0.3) is 0 Å². The van der Waals surface area contributed by atoms with E-state index in [1.807, 2.05) is 18.2 Å². The predicted octanol–water partition coefficient (Wildman–Crippen LogP) is 5.81. The Labute approximate surface area is 123 Å². The summed E-state index contributed by atoms with van der Waals surface area (Å²) in [5, 5.41) is 9.65. The largest absolute Gasteiger partial charge is 0.508 e. The zero-order valence-electron chi connectivity index (χ0n) is 12.6. The normalized spacial score (nSPS) is 10.8. The van der Waals surface area contributed by atoms with Gasteiger partial charge in [-0.3, -0.25) is 4.39 Å². The fourth-order valence-electron chi connectivity index (χ4n) is 2.55. The zero-order valence-corrected chi connectivity index (χ0v) is 12.6. The SMILES string of the molecule is Oc1ccccc1CCCCCCCCCCCCF. The van der Waals surface area contributed by atoms with Crippen molar-refractivity contribution < 1.29 is 9.50 Å². The van der Waals surface area contributed by atoms with Gasteiger partial charge in [-0.1, -0.05) is 69.6 Å². The molecule has 0 aromatic heterocycles. The summed E-state index contributed by atoms with van der Waals surface area (Å²) < 4.78 is 11.9. The Morgan fingerprint density at radius 3 is 1.75 bits per heavy atom. The second-order valence-corrected chi connectivity index (χ2v) is 5.60. The molecule has 0 saturated heterocycles. The highest BCUT2D eigenvalue weighted by atomic mass is 19.1. The van der Waals surface area contributed by atoms with Crippen molar-refractivity contribution >= 4 is 0 Å². The smallest absolute Gasteiger partial charge is 0.118 e. The molecule has 0 fully saturated rings. The van der Waals surface area contributed by atoms with Gasteiger partial charge in [0, 0.05) is 0 Å². The summed E-state index contributed by atoms with van der Waals surface area (Å²) in [6.07, 6.45) is 12.8. The van der Waals surface area contributed by atoms with Gasteiger partial charge in [-0.15, -0.1) is 0 Å². The predicted molar refractivity (Wildman–Crippen MR) is 84.0 cm³/mol. The molecule has 0 atom stereocenters. The van der Waals surface area contributed by atoms with Gasteiger partial charge in [0.05, 0.1) is 6.67 Å². The molecule has 0 amide bonds. The molecular weight excluding hydrogens is 251 g/mol. The van der Waals surface area contributed by atoms with Gasteiger partial charge in [0.25, 0.3) is 0 Å². The van der Waals surface area contributed by atoms with Crippen molar-refractivity contribution in [2.24, 2.45) is 0 Å². The lowest BCUT2D eigenvalue weighted by atomic mass is 10.0. The maximum Gasteiger partial charge on any atom is 0.118 e. The highest BCUT2D eigenvalue weighted by Crippen LogP contribution is 2.19. The molecule has 1 aromatic carbocycles. The van der Waals surface area contributed by atoms with Gasteiger partial charge in [-0.05, 0) is 30.9 Å². The van der Waals surface area contributed by atoms with Crippen molar-refractivity contribution in [2.75, 3.05) is 6.67 Å². The van der Waals surface area contributed by atoms with Crippen LogP contribution in [0.15, 0.2) is 24.3 Å². The van der Waals surface area contributed by atoms with E-state index in [9.17, 15) is 9.50 Å². The molecule has 20 heavy (non-hydrogen) atoms. The maximum absolute atomic E-state index is 11.9. The third kappa shape index (κ3) is 8.19. The first kappa shape index (κ1) is 17.0. The number of phenols is 1. The molecule has 0 aliphatic heterocycles. The van der Waals surface area contributed by atoms with Gasteiger partial charge in [-0.25, -0.2) is 0 Å². The molecule has 2 heteroatoms. The maximum atomic E-state index is 11.9. The van der Waals surface area contributed by atoms with Crippen molar-refractivity contribution in [3.05, 3.63) is 29.8 Å². The molecule has 0 radical (unpaired) electrons. The molecule has 0 saturated carbocycles. The monoisotopic (exact) mass is 280 g/mol. The Morgan fingerprint density at radius 2 is 1.20 bits per heavy atom. The number of hydrogen-bond donors (Lipinski definition) is 1. The zero-order chi connectivity index (χ0) is 14.5. The number of alkyl halides is 1. The molecule has 114 valence electrons. The third-order valence-electron chi connectivity index (χ3n) is 3.82. The van der Waals surface area contributed by atoms with Gasteiger partial charge >= 0.3 is 0 Å². The molecular formula is C18H29FO. The number of para-hydroxylation sites is 1. The van der Waals surface area contributed by atoms with Gasteiger partial charge in [0.15, 0.2) is 0 Å². The van der Waals surface area contributed by atoms with Crippen LogP contribution >= 0.6 is 0 Å². The van der Waals surface area contributed by atoms with Crippen LogP contribution < -0.4 is 0 Å². The lowest BCUT2D eigenvalue weighted by molar-refractivity contribution is 0.448. The number of benzene rings is 1. The average molecular weight is 280 g/mol. The van der Waals surface area contributed by atoms with Crippen LogP contribution in [0.3, 0.4) is 0 Å². The molecule has 1 aromatic rings. The first-order valence-electron chi connectivity index (χ1n) is 8.17. The van der Waals surface area contributed by atoms with E-state index in [1.165, 1.54) is 44.9 Å². The summed E-state index contributed by atoms with van der Waals surface area (Å²) in [6.45, 7) is -0.156. The first-order valence-corrected chi connectivity index (χ1v) is 8.17. The van der Waals surface area contributed by atoms with Crippen LogP contribution in [0, 0.1) is 0 Å². The van der Waals surface area contributed by atoms with E-state index in [2.05, 4.69) is 0 Å². The summed E-state index contributed by atoms with van der Waals surface area (Å²) in [5.41, 5.74) is 1.07. The highest BCUT2D eigenvalue weighted by Gasteiger charge is 1.99. The summed E-state index contributed by atoms with van der Waals surface area (Å²) in [7, 11) is 0. The molecule has 1 rings (SSSR count). The molecule has 0 heterocycles. The Hall–Kier alpha value is -1.05. The summed E-state index contributed by atoms with van der Waals surface area (Å²) >= 11 is 0. The van der Waals surface area contributed by atoms with Crippen LogP contribution in [0.5, 0.6) is 5.75 Å². The Morgan fingerprint density at radius 1 is 0.700 bits per heavy atom. The third-order valence-corrected chi connectivity index (χ3v) is 3.82. The second kappa shape index (κ2) is 11.7. The number of phenolic OH excluding ortho intramolecular Hbond substituents is 1. The van der Waals surface area contributed by atoms with Crippen molar-refractivity contribution in [1.82, 2.24) is 0 Å². The van der Waals surface area contributed by atoms with Crippen LogP contribution in [0.1, 0.15) is 69.8 Å². The molecule has 1 N–H and O–H groups in total. The number of unbranched alkanes of at least 4 members (excludes halogenated alkanes) is 9. The topological polar surface area (TPSA) is 20.2 Å². The molecule has 0 spiro atoms. The Balaban J connectivity index is 1.87. The standard InChI is InChI=1S/C18H29FO/c19-16-12-8-6-4-2-1-3-5-7-9-13-17-14-10-11-15-18(17)20/h10-11,14-15,20H,1-9,12-13,16H2. The first-order chi connectivity index (χ1) is 9.84. The summed E-state index contributed by atoms with van der Waals surface area (Å²) in [4.78, 5) is 0. The Bertz CT molecular complexity index is 338. The van der Waals surface area contributed by atoms with Gasteiger partial charge < -0.3 is 5.11 Å². The quantitative estimate of drug-likeness (QED) is 0.479. The van der Waals surface area contributed by atoms with Crippen LogP contribution in [-0.2, 0) is 6.42 Å². The molecule has 1 nitrogen and oxygen atoms in total. The van der Waals surface area contributed by atoms with E-state index in [1.54, 1.807) is 6.07 Å². The fraction of sp³-hybridized carbons (Fsp3) is 0.667. The fourth-order valence-corrected chi connectivity index (χ4v) is 2.55. The lowest BCUT2D eigenvalue weighted by Gasteiger charge is -2.04. The minimum Gasteiger partial charge on any atom is -0.508 e. The number of halogens is 1. The molecule has 0 aliphatic carbocycles. The minimum absolute atomic E-state index is 0.156. The van der Waals surface area contributed by atoms with E-state index < -0.39 is 0 Å². The summed E-state index contributed by atoms with van der Waals surface area (Å²) in [5.74, 6) is 0.431. The summed E-state index contributed by atoms with van der Waals surface area (Å²) in [6, 6.07) is 7.62. The lowest BCUT2D eigenvalue weighted by Crippen LogP contribution is -1.87. The van der Waals surface area contributed by atoms with E-state index >= 15 is 0 Å². The second-order valence-electron chi connectivity index (χ2n) is 5.60. The van der Waals surface area contributed by atoms with Crippen LogP contribution in [0.2, 0.25) is 0 Å².